The Morgan fingerprint density at radius 3 is 2.49 bits per heavy atom. The molecule has 2 amide bonds. The molecule has 0 unspecified atom stereocenters. The van der Waals surface area contributed by atoms with Crippen LogP contribution in [0.3, 0.4) is 0 Å². The van der Waals surface area contributed by atoms with Crippen LogP contribution in [-0.4, -0.2) is 29.2 Å². The summed E-state index contributed by atoms with van der Waals surface area (Å²) in [5, 5.41) is 0.706. The zero-order valence-electron chi connectivity index (χ0n) is 20.0. The number of benzene rings is 3. The van der Waals surface area contributed by atoms with E-state index in [9.17, 15) is 9.59 Å². The van der Waals surface area contributed by atoms with Crippen molar-refractivity contribution < 1.29 is 19.1 Å². The van der Waals surface area contributed by atoms with Crippen LogP contribution in [0.15, 0.2) is 65.6 Å². The summed E-state index contributed by atoms with van der Waals surface area (Å²) in [6, 6.07) is 19.1. The number of amides is 2. The number of rotatable bonds is 10. The van der Waals surface area contributed by atoms with Crippen LogP contribution in [0, 0.1) is 3.57 Å². The van der Waals surface area contributed by atoms with Gasteiger partial charge in [-0.2, -0.15) is 0 Å². The Hall–Kier alpha value is -2.20. The van der Waals surface area contributed by atoms with Crippen LogP contribution in [0.1, 0.15) is 30.0 Å². The summed E-state index contributed by atoms with van der Waals surface area (Å²) in [7, 11) is 0. The van der Waals surface area contributed by atoms with Gasteiger partial charge in [0.15, 0.2) is 11.5 Å². The lowest BCUT2D eigenvalue weighted by Gasteiger charge is -2.15. The maximum absolute atomic E-state index is 13.0. The van der Waals surface area contributed by atoms with Crippen LogP contribution in [0.4, 0.5) is 4.79 Å². The molecule has 1 aliphatic rings. The number of thioether (sulfide) groups is 1. The summed E-state index contributed by atoms with van der Waals surface area (Å²) in [6.45, 7) is 3.01. The van der Waals surface area contributed by atoms with Gasteiger partial charge in [0.1, 0.15) is 6.61 Å². The Morgan fingerprint density at radius 1 is 0.973 bits per heavy atom. The molecule has 0 saturated carbocycles. The van der Waals surface area contributed by atoms with Crippen molar-refractivity contribution >= 4 is 74.8 Å². The van der Waals surface area contributed by atoms with Gasteiger partial charge in [0, 0.05) is 6.54 Å². The molecular weight excluding hydrogens is 644 g/mol. The molecule has 5 nitrogen and oxygen atoms in total. The average Bonchev–Trinajstić information content (AvgIpc) is 3.13. The highest BCUT2D eigenvalue weighted by atomic mass is 127. The molecule has 9 heteroatoms. The minimum absolute atomic E-state index is 0.245. The second kappa shape index (κ2) is 13.0. The van der Waals surface area contributed by atoms with Crippen LogP contribution < -0.4 is 9.47 Å². The summed E-state index contributed by atoms with van der Waals surface area (Å²) in [5.74, 6) is 0.887. The Bertz CT molecular complexity index is 1330. The lowest BCUT2D eigenvalue weighted by Crippen LogP contribution is -2.29. The van der Waals surface area contributed by atoms with Gasteiger partial charge in [-0.25, -0.2) is 0 Å². The molecule has 0 aliphatic carbocycles. The number of hydrogen-bond acceptors (Lipinski definition) is 5. The maximum atomic E-state index is 13.0. The molecule has 37 heavy (non-hydrogen) atoms. The zero-order valence-corrected chi connectivity index (χ0v) is 24.5. The summed E-state index contributed by atoms with van der Waals surface area (Å²) in [4.78, 5) is 27.2. The van der Waals surface area contributed by atoms with Crippen molar-refractivity contribution in [2.24, 2.45) is 0 Å². The zero-order chi connectivity index (χ0) is 26.4. The third-order valence-electron chi connectivity index (χ3n) is 5.56. The highest BCUT2D eigenvalue weighted by Gasteiger charge is 2.34. The van der Waals surface area contributed by atoms with Gasteiger partial charge in [-0.3, -0.25) is 14.5 Å². The molecule has 1 saturated heterocycles. The molecule has 1 fully saturated rings. The lowest BCUT2D eigenvalue weighted by atomic mass is 10.1. The Balaban J connectivity index is 1.47. The molecule has 1 heterocycles. The maximum Gasteiger partial charge on any atom is 0.293 e. The third-order valence-corrected chi connectivity index (χ3v) is 8.01. The van der Waals surface area contributed by atoms with E-state index in [-0.39, 0.29) is 17.8 Å². The summed E-state index contributed by atoms with van der Waals surface area (Å²) < 4.78 is 12.7. The minimum atomic E-state index is -0.268. The second-order valence-corrected chi connectivity index (χ2v) is 11.2. The van der Waals surface area contributed by atoms with E-state index in [0.717, 1.165) is 32.9 Å². The van der Waals surface area contributed by atoms with E-state index in [1.165, 1.54) is 10.5 Å². The number of nitrogens with zero attached hydrogens (tertiary/aromatic N) is 1. The van der Waals surface area contributed by atoms with E-state index in [4.69, 9.17) is 32.7 Å². The van der Waals surface area contributed by atoms with Crippen molar-refractivity contribution in [1.29, 1.82) is 0 Å². The molecule has 192 valence electrons. The first-order chi connectivity index (χ1) is 17.9. The van der Waals surface area contributed by atoms with Crippen molar-refractivity contribution in [3.63, 3.8) is 0 Å². The fraction of sp³-hybridized carbons (Fsp3) is 0.214. The molecule has 0 spiro atoms. The predicted octanol–water partition coefficient (Wildman–Crippen LogP) is 8.24. The number of halogens is 3. The first-order valence-electron chi connectivity index (χ1n) is 11.7. The van der Waals surface area contributed by atoms with Gasteiger partial charge in [0.25, 0.3) is 11.1 Å². The van der Waals surface area contributed by atoms with Crippen molar-refractivity contribution in [1.82, 2.24) is 4.90 Å². The van der Waals surface area contributed by atoms with Crippen molar-refractivity contribution in [2.45, 2.75) is 26.4 Å². The molecular formula is C28H24Cl2INO4S. The summed E-state index contributed by atoms with van der Waals surface area (Å²) in [6.07, 6.45) is 3.25. The van der Waals surface area contributed by atoms with Crippen LogP contribution in [-0.2, 0) is 17.8 Å². The quantitative estimate of drug-likeness (QED) is 0.161. The van der Waals surface area contributed by atoms with Crippen LogP contribution in [0.2, 0.25) is 10.0 Å². The number of aryl methyl sites for hydroxylation is 1. The van der Waals surface area contributed by atoms with E-state index >= 15 is 0 Å². The van der Waals surface area contributed by atoms with Crippen molar-refractivity contribution in [3.05, 3.63) is 95.9 Å². The number of carbonyl (C=O) groups excluding carboxylic acids is 2. The Morgan fingerprint density at radius 2 is 1.76 bits per heavy atom. The van der Waals surface area contributed by atoms with E-state index in [0.29, 0.717) is 46.0 Å². The molecule has 4 rings (SSSR count). The lowest BCUT2D eigenvalue weighted by molar-refractivity contribution is -0.122. The fourth-order valence-corrected chi connectivity index (χ4v) is 5.76. The van der Waals surface area contributed by atoms with Gasteiger partial charge in [-0.1, -0.05) is 59.6 Å². The number of hydrogen-bond donors (Lipinski definition) is 0. The Kier molecular flexibility index (Phi) is 9.81. The fourth-order valence-electron chi connectivity index (χ4n) is 3.79. The highest BCUT2D eigenvalue weighted by Crippen LogP contribution is 2.38. The number of ether oxygens (including phenoxy) is 2. The number of carbonyl (C=O) groups is 2. The average molecular weight is 668 g/mol. The van der Waals surface area contributed by atoms with Gasteiger partial charge in [-0.15, -0.1) is 0 Å². The smallest absolute Gasteiger partial charge is 0.293 e. The standard InChI is InChI=1S/C28H24Cl2INO4S/c1-2-35-24-15-20(14-23(31)26(24)36-17-19-10-11-21(29)22(30)13-19)16-25-27(33)32(28(34)37-25)12-6-9-18-7-4-3-5-8-18/h3-5,7-8,10-11,13-16H,2,6,9,12,17H2,1H3/b25-16+. The minimum Gasteiger partial charge on any atom is -0.490 e. The first kappa shape index (κ1) is 27.8. The van der Waals surface area contributed by atoms with Gasteiger partial charge < -0.3 is 9.47 Å². The van der Waals surface area contributed by atoms with Crippen LogP contribution in [0.5, 0.6) is 11.5 Å². The van der Waals surface area contributed by atoms with Crippen LogP contribution >= 0.6 is 57.6 Å². The first-order valence-corrected chi connectivity index (χ1v) is 14.3. The third kappa shape index (κ3) is 7.22. The SMILES string of the molecule is CCOc1cc(/C=C2/SC(=O)N(CCCc3ccccc3)C2=O)cc(I)c1OCc1ccc(Cl)c(Cl)c1. The highest BCUT2D eigenvalue weighted by molar-refractivity contribution is 14.1. The molecule has 0 atom stereocenters. The van der Waals surface area contributed by atoms with E-state index in [2.05, 4.69) is 22.6 Å². The topological polar surface area (TPSA) is 55.8 Å². The van der Waals surface area contributed by atoms with E-state index < -0.39 is 0 Å². The largest absolute Gasteiger partial charge is 0.490 e. The van der Waals surface area contributed by atoms with Gasteiger partial charge in [0.05, 0.1) is 25.1 Å². The molecule has 0 radical (unpaired) electrons. The van der Waals surface area contributed by atoms with E-state index in [1.54, 1.807) is 18.2 Å². The van der Waals surface area contributed by atoms with Gasteiger partial charge in [-0.05, 0) is 101 Å². The summed E-state index contributed by atoms with van der Waals surface area (Å²) in [5.41, 5.74) is 2.81. The molecule has 0 bridgehead atoms. The Labute approximate surface area is 244 Å². The van der Waals surface area contributed by atoms with E-state index in [1.807, 2.05) is 55.5 Å². The molecule has 1 aliphatic heterocycles. The van der Waals surface area contributed by atoms with Gasteiger partial charge in [0.2, 0.25) is 0 Å². The normalized spacial score (nSPS) is 14.5. The molecule has 3 aromatic rings. The second-order valence-electron chi connectivity index (χ2n) is 8.22. The van der Waals surface area contributed by atoms with Crippen molar-refractivity contribution in [3.8, 4) is 11.5 Å². The summed E-state index contributed by atoms with van der Waals surface area (Å²) >= 11 is 15.3. The predicted molar refractivity (Wildman–Crippen MR) is 159 cm³/mol. The number of imide groups is 1. The molecule has 0 aromatic heterocycles. The van der Waals surface area contributed by atoms with Gasteiger partial charge >= 0.3 is 0 Å². The molecule has 0 N–H and O–H groups in total. The van der Waals surface area contributed by atoms with Crippen LogP contribution in [0.25, 0.3) is 6.08 Å². The monoisotopic (exact) mass is 667 g/mol. The van der Waals surface area contributed by atoms with Crippen molar-refractivity contribution in [2.75, 3.05) is 13.2 Å². The molecule has 3 aromatic carbocycles.